The van der Waals surface area contributed by atoms with E-state index in [1.807, 2.05) is 0 Å². The first-order valence-electron chi connectivity index (χ1n) is 34.0. The summed E-state index contributed by atoms with van der Waals surface area (Å²) in [6.07, 6.45) is 40.9. The van der Waals surface area contributed by atoms with Crippen molar-refractivity contribution >= 4 is 39.5 Å². The SMILES string of the molecule is CCCCCCCCCC(=O)O[C@H](COC(=O)CCCCCCC)COP(=O)(O)OC[C@H](O)COP(=O)(O)OC[C@@H](COC(=O)CCCCCCCCCCCCC(C)C)OC(=O)CCCCCCCCCCCCCCCCCCC(C)C. The third-order valence-electron chi connectivity index (χ3n) is 15.0. The van der Waals surface area contributed by atoms with Gasteiger partial charge in [-0.15, -0.1) is 0 Å². The minimum Gasteiger partial charge on any atom is -0.462 e. The highest BCUT2D eigenvalue weighted by atomic mass is 31.2. The Morgan fingerprint density at radius 1 is 0.321 bits per heavy atom. The zero-order valence-corrected chi connectivity index (χ0v) is 56.0. The van der Waals surface area contributed by atoms with E-state index in [9.17, 15) is 43.2 Å². The summed E-state index contributed by atoms with van der Waals surface area (Å²) in [5.74, 6) is -0.580. The molecule has 0 fully saturated rings. The van der Waals surface area contributed by atoms with E-state index < -0.39 is 97.5 Å². The van der Waals surface area contributed by atoms with Crippen molar-refractivity contribution in [2.45, 2.75) is 342 Å². The van der Waals surface area contributed by atoms with Crippen LogP contribution >= 0.6 is 15.6 Å². The van der Waals surface area contributed by atoms with Gasteiger partial charge in [-0.1, -0.05) is 273 Å². The largest absolute Gasteiger partial charge is 0.472 e. The van der Waals surface area contributed by atoms with Gasteiger partial charge in [0.1, 0.15) is 19.3 Å². The van der Waals surface area contributed by atoms with Gasteiger partial charge in [0.15, 0.2) is 12.2 Å². The van der Waals surface area contributed by atoms with Gasteiger partial charge in [-0.2, -0.15) is 0 Å². The highest BCUT2D eigenvalue weighted by molar-refractivity contribution is 7.47. The molecule has 0 aliphatic carbocycles. The van der Waals surface area contributed by atoms with Gasteiger partial charge in [-0.05, 0) is 37.5 Å². The van der Waals surface area contributed by atoms with Crippen LogP contribution in [0.25, 0.3) is 0 Å². The van der Waals surface area contributed by atoms with Crippen molar-refractivity contribution in [2.24, 2.45) is 11.8 Å². The third kappa shape index (κ3) is 59.0. The van der Waals surface area contributed by atoms with Crippen LogP contribution in [0.2, 0.25) is 0 Å². The Balaban J connectivity index is 5.11. The Bertz CT molecular complexity index is 1650. The fraction of sp³-hybridized carbons (Fsp3) is 0.938. The molecule has 0 heterocycles. The molecular weight excluding hydrogens is 1110 g/mol. The molecule has 19 heteroatoms. The average molecular weight is 1240 g/mol. The number of hydrogen-bond acceptors (Lipinski definition) is 15. The van der Waals surface area contributed by atoms with Crippen molar-refractivity contribution < 1.29 is 80.2 Å². The minimum absolute atomic E-state index is 0.103. The van der Waals surface area contributed by atoms with Gasteiger partial charge in [0, 0.05) is 25.7 Å². The second kappa shape index (κ2) is 57.5. The number of unbranched alkanes of at least 4 members (excludes halogenated alkanes) is 34. The van der Waals surface area contributed by atoms with Crippen LogP contribution in [0.5, 0.6) is 0 Å². The lowest BCUT2D eigenvalue weighted by atomic mass is 10.0. The van der Waals surface area contributed by atoms with Crippen LogP contribution in [0.1, 0.15) is 324 Å². The van der Waals surface area contributed by atoms with Gasteiger partial charge in [0.2, 0.25) is 0 Å². The maximum atomic E-state index is 13.0. The first-order valence-corrected chi connectivity index (χ1v) is 37.0. The molecule has 3 N–H and O–H groups in total. The fourth-order valence-corrected chi connectivity index (χ4v) is 11.3. The summed E-state index contributed by atoms with van der Waals surface area (Å²) in [7, 11) is -9.87. The molecule has 17 nitrogen and oxygen atoms in total. The molecule has 0 bridgehead atoms. The quantitative estimate of drug-likeness (QED) is 0.0222. The number of phosphoric acid groups is 2. The molecule has 0 rings (SSSR count). The normalized spacial score (nSPS) is 14.3. The first kappa shape index (κ1) is 82.1. The zero-order chi connectivity index (χ0) is 62.2. The average Bonchev–Trinajstić information content (AvgIpc) is 3.56. The Hall–Kier alpha value is -1.94. The summed E-state index contributed by atoms with van der Waals surface area (Å²) < 4.78 is 67.7. The Morgan fingerprint density at radius 3 is 0.810 bits per heavy atom. The fourth-order valence-electron chi connectivity index (χ4n) is 9.71. The summed E-state index contributed by atoms with van der Waals surface area (Å²) in [4.78, 5) is 71.9. The molecule has 0 spiro atoms. The zero-order valence-electron chi connectivity index (χ0n) is 54.2. The van der Waals surface area contributed by atoms with Crippen LogP contribution in [0.4, 0.5) is 0 Å². The molecule has 0 amide bonds. The van der Waals surface area contributed by atoms with E-state index in [2.05, 4.69) is 41.5 Å². The molecule has 0 saturated heterocycles. The second-order valence-corrected chi connectivity index (χ2v) is 27.4. The number of aliphatic hydroxyl groups excluding tert-OH is 1. The number of rotatable bonds is 64. The van der Waals surface area contributed by atoms with E-state index in [-0.39, 0.29) is 25.7 Å². The maximum Gasteiger partial charge on any atom is 0.472 e. The predicted octanol–water partition coefficient (Wildman–Crippen LogP) is 18.0. The van der Waals surface area contributed by atoms with Crippen molar-refractivity contribution in [2.75, 3.05) is 39.6 Å². The molecule has 0 aromatic rings. The highest BCUT2D eigenvalue weighted by Gasteiger charge is 2.30. The predicted molar refractivity (Wildman–Crippen MR) is 335 cm³/mol. The van der Waals surface area contributed by atoms with E-state index in [1.54, 1.807) is 0 Å². The van der Waals surface area contributed by atoms with Gasteiger partial charge < -0.3 is 33.8 Å². The molecule has 0 aliphatic rings. The Labute approximate surface area is 511 Å². The molecule has 0 saturated carbocycles. The molecule has 0 aliphatic heterocycles. The van der Waals surface area contributed by atoms with Crippen molar-refractivity contribution in [3.8, 4) is 0 Å². The Kier molecular flexibility index (Phi) is 56.2. The van der Waals surface area contributed by atoms with E-state index in [0.717, 1.165) is 121 Å². The number of phosphoric ester groups is 2. The number of esters is 4. The molecular formula is C65H126O17P2. The summed E-state index contributed by atoms with van der Waals surface area (Å²) in [6.45, 7) is 9.40. The van der Waals surface area contributed by atoms with Crippen LogP contribution in [0.15, 0.2) is 0 Å². The van der Waals surface area contributed by atoms with Gasteiger partial charge in [-0.25, -0.2) is 9.13 Å². The van der Waals surface area contributed by atoms with Crippen LogP contribution in [0, 0.1) is 11.8 Å². The minimum atomic E-state index is -4.94. The topological polar surface area (TPSA) is 237 Å². The van der Waals surface area contributed by atoms with Crippen LogP contribution < -0.4 is 0 Å². The molecule has 2 unspecified atom stereocenters. The van der Waals surface area contributed by atoms with E-state index >= 15 is 0 Å². The number of carbonyl (C=O) groups excluding carboxylic acids is 4. The summed E-state index contributed by atoms with van der Waals surface area (Å²) in [5, 5.41) is 10.5. The number of hydrogen-bond donors (Lipinski definition) is 3. The molecule has 84 heavy (non-hydrogen) atoms. The molecule has 498 valence electrons. The molecule has 5 atom stereocenters. The molecule has 0 aromatic carbocycles. The van der Waals surface area contributed by atoms with E-state index in [0.29, 0.717) is 25.7 Å². The van der Waals surface area contributed by atoms with E-state index in [1.165, 1.54) is 122 Å². The second-order valence-electron chi connectivity index (χ2n) is 24.5. The molecule has 0 aromatic heterocycles. The number of aliphatic hydroxyl groups is 1. The standard InChI is InChI=1S/C65H126O17P2/c1-7-9-11-13-28-37-43-49-64(69)81-60(53-75-62(67)47-41-33-12-10-8-2)55-79-83(71,72)77-51-59(66)52-78-84(73,74)80-56-61(54-76-63(68)48-42-36-31-26-23-22-25-30-35-40-46-58(5)6)82-65(70)50-44-38-32-27-21-19-17-15-14-16-18-20-24-29-34-39-45-57(3)4/h57-61,66H,7-56H2,1-6H3,(H,71,72)(H,73,74)/t59-,60+,61+/m0/s1. The smallest absolute Gasteiger partial charge is 0.462 e. The van der Waals surface area contributed by atoms with Gasteiger partial charge in [-0.3, -0.25) is 37.3 Å². The van der Waals surface area contributed by atoms with E-state index in [4.69, 9.17) is 37.0 Å². The summed E-state index contributed by atoms with van der Waals surface area (Å²) >= 11 is 0. The first-order chi connectivity index (χ1) is 40.4. The number of carbonyl (C=O) groups is 4. The van der Waals surface area contributed by atoms with Crippen molar-refractivity contribution in [3.05, 3.63) is 0 Å². The maximum absolute atomic E-state index is 13.0. The summed E-state index contributed by atoms with van der Waals surface area (Å²) in [6, 6.07) is 0. The number of ether oxygens (including phenoxy) is 4. The third-order valence-corrected chi connectivity index (χ3v) is 16.9. The lowest BCUT2D eigenvalue weighted by molar-refractivity contribution is -0.161. The van der Waals surface area contributed by atoms with Gasteiger partial charge in [0.05, 0.1) is 26.4 Å². The Morgan fingerprint density at radius 2 is 0.548 bits per heavy atom. The van der Waals surface area contributed by atoms with Crippen molar-refractivity contribution in [3.63, 3.8) is 0 Å². The lowest BCUT2D eigenvalue weighted by Gasteiger charge is -2.21. The monoisotopic (exact) mass is 1240 g/mol. The van der Waals surface area contributed by atoms with Crippen LogP contribution in [-0.4, -0.2) is 96.7 Å². The van der Waals surface area contributed by atoms with Crippen molar-refractivity contribution in [1.82, 2.24) is 0 Å². The summed E-state index contributed by atoms with van der Waals surface area (Å²) in [5.41, 5.74) is 0. The lowest BCUT2D eigenvalue weighted by Crippen LogP contribution is -2.30. The highest BCUT2D eigenvalue weighted by Crippen LogP contribution is 2.45. The van der Waals surface area contributed by atoms with Gasteiger partial charge in [0.25, 0.3) is 0 Å². The molecule has 0 radical (unpaired) electrons. The van der Waals surface area contributed by atoms with Crippen molar-refractivity contribution in [1.29, 1.82) is 0 Å². The van der Waals surface area contributed by atoms with Crippen LogP contribution in [-0.2, 0) is 65.4 Å². The van der Waals surface area contributed by atoms with Crippen LogP contribution in [0.3, 0.4) is 0 Å². The van der Waals surface area contributed by atoms with Gasteiger partial charge >= 0.3 is 39.5 Å².